The van der Waals surface area contributed by atoms with Crippen molar-refractivity contribution in [1.82, 2.24) is 20.1 Å². The zero-order valence-electron chi connectivity index (χ0n) is 17.6. The lowest BCUT2D eigenvalue weighted by Crippen LogP contribution is -2.44. The molecule has 2 aromatic rings. The zero-order chi connectivity index (χ0) is 21.4. The van der Waals surface area contributed by atoms with Crippen LogP contribution in [0.15, 0.2) is 24.3 Å². The second-order valence-corrected chi connectivity index (χ2v) is 9.96. The molecule has 3 fully saturated rings. The fourth-order valence-corrected chi connectivity index (χ4v) is 6.36. The van der Waals surface area contributed by atoms with E-state index in [-0.39, 0.29) is 23.9 Å². The molecule has 1 aromatic heterocycles. The Kier molecular flexibility index (Phi) is 5.42. The molecule has 1 aliphatic carbocycles. The maximum atomic E-state index is 13.1. The highest BCUT2D eigenvalue weighted by atomic mass is 32.1. The van der Waals surface area contributed by atoms with Crippen molar-refractivity contribution in [1.29, 1.82) is 0 Å². The summed E-state index contributed by atoms with van der Waals surface area (Å²) in [6.45, 7) is 1.05. The Balaban J connectivity index is 1.22. The van der Waals surface area contributed by atoms with Crippen LogP contribution in [0.3, 0.4) is 0 Å². The number of fused-ring (bicyclic) bond motifs is 1. The van der Waals surface area contributed by atoms with E-state index in [4.69, 9.17) is 4.98 Å². The van der Waals surface area contributed by atoms with Gasteiger partial charge in [0.2, 0.25) is 5.91 Å². The molecule has 7 nitrogen and oxygen atoms in total. The van der Waals surface area contributed by atoms with Gasteiger partial charge in [-0.25, -0.2) is 9.78 Å². The largest absolute Gasteiger partial charge is 0.333 e. The molecule has 8 heteroatoms. The molecule has 31 heavy (non-hydrogen) atoms. The summed E-state index contributed by atoms with van der Waals surface area (Å²) in [7, 11) is 0. The summed E-state index contributed by atoms with van der Waals surface area (Å²) in [5.41, 5.74) is 0.311. The smallest absolute Gasteiger partial charge is 0.325 e. The number of benzene rings is 1. The lowest BCUT2D eigenvalue weighted by molar-refractivity contribution is -0.136. The highest BCUT2D eigenvalue weighted by molar-refractivity contribution is 7.18. The van der Waals surface area contributed by atoms with Crippen LogP contribution in [0.2, 0.25) is 0 Å². The van der Waals surface area contributed by atoms with Gasteiger partial charge < -0.3 is 10.2 Å². The highest BCUT2D eigenvalue weighted by Gasteiger charge is 2.52. The van der Waals surface area contributed by atoms with Crippen LogP contribution in [0, 0.1) is 0 Å². The number of imide groups is 1. The molecule has 1 atom stereocenters. The Morgan fingerprint density at radius 2 is 1.97 bits per heavy atom. The number of aromatic nitrogens is 1. The molecule has 1 N–H and O–H groups in total. The quantitative estimate of drug-likeness (QED) is 0.713. The number of nitrogens with zero attached hydrogens (tertiary/aromatic N) is 3. The number of thiazole rings is 1. The number of hydrogen-bond acceptors (Lipinski definition) is 5. The molecule has 164 valence electrons. The SMILES string of the molecule is O=C1NC2(CCCC2)C(=O)N1CCCC(=O)N1CCCC[C@H]1c1nc2ccccc2s1. The van der Waals surface area contributed by atoms with Crippen molar-refractivity contribution >= 4 is 39.4 Å². The van der Waals surface area contributed by atoms with Crippen LogP contribution in [0.1, 0.15) is 68.8 Å². The molecular formula is C23H28N4O3S. The van der Waals surface area contributed by atoms with E-state index >= 15 is 0 Å². The van der Waals surface area contributed by atoms with Crippen LogP contribution in [0.25, 0.3) is 10.2 Å². The van der Waals surface area contributed by atoms with Crippen molar-refractivity contribution in [2.45, 2.75) is 69.4 Å². The predicted molar refractivity (Wildman–Crippen MR) is 119 cm³/mol. The number of para-hydroxylation sites is 1. The topological polar surface area (TPSA) is 82.6 Å². The van der Waals surface area contributed by atoms with Gasteiger partial charge >= 0.3 is 6.03 Å². The second kappa shape index (κ2) is 8.22. The average Bonchev–Trinajstić information content (AvgIpc) is 3.48. The predicted octanol–water partition coefficient (Wildman–Crippen LogP) is 3.99. The molecule has 1 saturated carbocycles. The number of nitrogens with one attached hydrogen (secondary N) is 1. The van der Waals surface area contributed by atoms with E-state index < -0.39 is 5.54 Å². The molecular weight excluding hydrogens is 412 g/mol. The van der Waals surface area contributed by atoms with Gasteiger partial charge in [0, 0.05) is 19.5 Å². The first-order valence-electron chi connectivity index (χ1n) is 11.4. The van der Waals surface area contributed by atoms with Gasteiger partial charge in [0.05, 0.1) is 16.3 Å². The lowest BCUT2D eigenvalue weighted by atomic mass is 9.98. The molecule has 2 saturated heterocycles. The first-order valence-corrected chi connectivity index (χ1v) is 12.2. The van der Waals surface area contributed by atoms with Crippen LogP contribution in [0.4, 0.5) is 4.79 Å². The molecule has 3 aliphatic rings. The van der Waals surface area contributed by atoms with E-state index in [0.29, 0.717) is 19.4 Å². The summed E-state index contributed by atoms with van der Waals surface area (Å²) < 4.78 is 1.15. The van der Waals surface area contributed by atoms with E-state index in [0.717, 1.165) is 66.7 Å². The number of urea groups is 1. The minimum absolute atomic E-state index is 0.0251. The molecule has 3 heterocycles. The third-order valence-corrected chi connectivity index (χ3v) is 8.03. The summed E-state index contributed by atoms with van der Waals surface area (Å²) in [5, 5.41) is 3.91. The average molecular weight is 441 g/mol. The van der Waals surface area contributed by atoms with Crippen molar-refractivity contribution in [3.63, 3.8) is 0 Å². The molecule has 1 spiro atoms. The summed E-state index contributed by atoms with van der Waals surface area (Å²) in [6, 6.07) is 7.81. The van der Waals surface area contributed by atoms with E-state index in [1.54, 1.807) is 11.3 Å². The molecule has 1 aromatic carbocycles. The first-order chi connectivity index (χ1) is 15.1. The van der Waals surface area contributed by atoms with Crippen LogP contribution in [-0.4, -0.2) is 51.3 Å². The molecule has 0 unspecified atom stereocenters. The standard InChI is InChI=1S/C23H28N4O3S/c28-19(11-7-15-27-21(29)23(25-22(27)30)12-4-5-13-23)26-14-6-3-9-17(26)20-24-16-8-1-2-10-18(16)31-20/h1-2,8,10,17H,3-7,9,11-15H2,(H,25,30)/t17-/m0/s1. The Morgan fingerprint density at radius 3 is 2.77 bits per heavy atom. The van der Waals surface area contributed by atoms with E-state index in [1.165, 1.54) is 4.90 Å². The van der Waals surface area contributed by atoms with E-state index in [9.17, 15) is 14.4 Å². The van der Waals surface area contributed by atoms with Crippen LogP contribution < -0.4 is 5.32 Å². The van der Waals surface area contributed by atoms with Gasteiger partial charge in [-0.1, -0.05) is 25.0 Å². The Bertz CT molecular complexity index is 980. The number of piperidine rings is 1. The number of rotatable bonds is 5. The number of carbonyl (C=O) groups excluding carboxylic acids is 3. The normalized spacial score (nSPS) is 23.2. The highest BCUT2D eigenvalue weighted by Crippen LogP contribution is 2.37. The van der Waals surface area contributed by atoms with Crippen LogP contribution in [0.5, 0.6) is 0 Å². The fraction of sp³-hybridized carbons (Fsp3) is 0.565. The molecule has 4 amide bonds. The van der Waals surface area contributed by atoms with Gasteiger partial charge in [-0.15, -0.1) is 11.3 Å². The van der Waals surface area contributed by atoms with Crippen molar-refractivity contribution in [2.24, 2.45) is 0 Å². The van der Waals surface area contributed by atoms with Gasteiger partial charge in [-0.05, 0) is 50.7 Å². The first kappa shape index (κ1) is 20.4. The van der Waals surface area contributed by atoms with Gasteiger partial charge in [-0.3, -0.25) is 14.5 Å². The summed E-state index contributed by atoms with van der Waals surface area (Å²) in [6.07, 6.45) is 7.26. The van der Waals surface area contributed by atoms with Gasteiger partial charge in [0.25, 0.3) is 5.91 Å². The van der Waals surface area contributed by atoms with Crippen molar-refractivity contribution in [3.8, 4) is 0 Å². The maximum Gasteiger partial charge on any atom is 0.325 e. The Labute approximate surface area is 185 Å². The molecule has 2 aliphatic heterocycles. The maximum absolute atomic E-state index is 13.1. The molecule has 0 radical (unpaired) electrons. The minimum Gasteiger partial charge on any atom is -0.333 e. The van der Waals surface area contributed by atoms with Crippen molar-refractivity contribution in [2.75, 3.05) is 13.1 Å². The third-order valence-electron chi connectivity index (χ3n) is 6.89. The van der Waals surface area contributed by atoms with Crippen LogP contribution in [-0.2, 0) is 9.59 Å². The molecule has 5 rings (SSSR count). The summed E-state index contributed by atoms with van der Waals surface area (Å²) in [5.74, 6) is -0.0145. The summed E-state index contributed by atoms with van der Waals surface area (Å²) in [4.78, 5) is 46.3. The number of hydrogen-bond donors (Lipinski definition) is 1. The Hall–Kier alpha value is -2.48. The fourth-order valence-electron chi connectivity index (χ4n) is 5.25. The Morgan fingerprint density at radius 1 is 1.16 bits per heavy atom. The third kappa shape index (κ3) is 3.71. The number of likely N-dealkylation sites (tertiary alicyclic amines) is 1. The minimum atomic E-state index is -0.675. The van der Waals surface area contributed by atoms with E-state index in [1.807, 2.05) is 23.1 Å². The second-order valence-electron chi connectivity index (χ2n) is 8.90. The zero-order valence-corrected chi connectivity index (χ0v) is 18.5. The lowest BCUT2D eigenvalue weighted by Gasteiger charge is -2.34. The number of amides is 4. The van der Waals surface area contributed by atoms with Gasteiger partial charge in [-0.2, -0.15) is 0 Å². The molecule has 0 bridgehead atoms. The monoisotopic (exact) mass is 440 g/mol. The van der Waals surface area contributed by atoms with Crippen molar-refractivity contribution in [3.05, 3.63) is 29.3 Å². The summed E-state index contributed by atoms with van der Waals surface area (Å²) >= 11 is 1.67. The van der Waals surface area contributed by atoms with Gasteiger partial charge in [0.1, 0.15) is 10.5 Å². The van der Waals surface area contributed by atoms with E-state index in [2.05, 4.69) is 11.4 Å². The van der Waals surface area contributed by atoms with Crippen molar-refractivity contribution < 1.29 is 14.4 Å². The van der Waals surface area contributed by atoms with Crippen LogP contribution >= 0.6 is 11.3 Å². The van der Waals surface area contributed by atoms with Gasteiger partial charge in [0.15, 0.2) is 0 Å². The number of carbonyl (C=O) groups is 3.